The molecule has 2 heterocycles. The molecule has 0 aliphatic carbocycles. The van der Waals surface area contributed by atoms with Gasteiger partial charge in [0, 0.05) is 17.6 Å². The molecule has 0 bridgehead atoms. The third kappa shape index (κ3) is 5.64. The molecule has 0 aliphatic rings. The molecule has 0 aromatic carbocycles. The lowest BCUT2D eigenvalue weighted by Gasteiger charge is -2.22. The van der Waals surface area contributed by atoms with Gasteiger partial charge >= 0.3 is 6.09 Å². The molecule has 25 heavy (non-hydrogen) atoms. The smallest absolute Gasteiger partial charge is 0.407 e. The summed E-state index contributed by atoms with van der Waals surface area (Å²) in [7, 11) is 0. The molecule has 0 saturated heterocycles. The highest BCUT2D eigenvalue weighted by Gasteiger charge is 2.30. The number of thiazole rings is 1. The molecular weight excluding hydrogens is 350 g/mol. The quantitative estimate of drug-likeness (QED) is 0.814. The number of fused-ring (bicyclic) bond motifs is 1. The summed E-state index contributed by atoms with van der Waals surface area (Å²) in [5.41, 5.74) is 0.950. The average molecular weight is 374 g/mol. The summed E-state index contributed by atoms with van der Waals surface area (Å²) in [5, 5.41) is 4.84. The molecule has 140 valence electrons. The van der Waals surface area contributed by atoms with Crippen molar-refractivity contribution in [1.29, 1.82) is 0 Å². The van der Waals surface area contributed by atoms with Crippen LogP contribution in [0.4, 0.5) is 13.6 Å². The number of nitrogens with zero attached hydrogens (tertiary/aromatic N) is 2. The number of ether oxygens (including phenoxy) is 1. The molecule has 0 saturated carbocycles. The van der Waals surface area contributed by atoms with E-state index >= 15 is 0 Å². The van der Waals surface area contributed by atoms with Crippen LogP contribution < -0.4 is 10.6 Å². The zero-order valence-corrected chi connectivity index (χ0v) is 15.9. The maximum absolute atomic E-state index is 13.9. The van der Waals surface area contributed by atoms with Crippen molar-refractivity contribution in [3.8, 4) is 0 Å². The number of rotatable bonds is 6. The summed E-state index contributed by atoms with van der Waals surface area (Å²) >= 11 is 1.56. The van der Waals surface area contributed by atoms with Gasteiger partial charge in [-0.05, 0) is 34.6 Å². The predicted octanol–water partition coefficient (Wildman–Crippen LogP) is 3.26. The summed E-state index contributed by atoms with van der Waals surface area (Å²) in [5.74, 6) is -3.08. The lowest BCUT2D eigenvalue weighted by atomic mass is 10.2. The molecule has 2 N–H and O–H groups in total. The molecular formula is C16H24F2N4O2S. The van der Waals surface area contributed by atoms with E-state index in [1.807, 2.05) is 24.4 Å². The van der Waals surface area contributed by atoms with Gasteiger partial charge in [0.15, 0.2) is 4.96 Å². The Hall–Kier alpha value is -1.74. The number of carbonyl (C=O) groups excluding carboxylic acids is 1. The first-order valence-corrected chi connectivity index (χ1v) is 8.78. The number of amides is 1. The Morgan fingerprint density at radius 2 is 2.00 bits per heavy atom. The fourth-order valence-corrected chi connectivity index (χ4v) is 3.15. The van der Waals surface area contributed by atoms with Crippen LogP contribution in [0.25, 0.3) is 4.96 Å². The standard InChI is InChI=1S/C16H24F2N4O2S/c1-10-7-22-12(11(2)21-13(22)25-10)6-19-8-16(17,18)9-20-14(23)24-15(3,4)5/h7,19H,6,8-9H2,1-5H3,(H,20,23). The SMILES string of the molecule is Cc1cn2c(CNCC(F)(F)CNC(=O)OC(C)(C)C)c(C)nc2s1. The number of imidazole rings is 1. The van der Waals surface area contributed by atoms with E-state index in [0.717, 1.165) is 21.2 Å². The summed E-state index contributed by atoms with van der Waals surface area (Å²) in [6, 6.07) is 0. The van der Waals surface area contributed by atoms with Crippen LogP contribution in [0.3, 0.4) is 0 Å². The van der Waals surface area contributed by atoms with Crippen molar-refractivity contribution in [3.63, 3.8) is 0 Å². The van der Waals surface area contributed by atoms with Gasteiger partial charge < -0.3 is 15.4 Å². The Morgan fingerprint density at radius 3 is 2.64 bits per heavy atom. The van der Waals surface area contributed by atoms with Gasteiger partial charge in [-0.25, -0.2) is 18.6 Å². The second-order valence-corrected chi connectivity index (χ2v) is 8.17. The topological polar surface area (TPSA) is 67.7 Å². The first-order chi connectivity index (χ1) is 11.5. The molecule has 0 aliphatic heterocycles. The minimum atomic E-state index is -3.08. The van der Waals surface area contributed by atoms with Crippen LogP contribution in [0.1, 0.15) is 37.0 Å². The van der Waals surface area contributed by atoms with Gasteiger partial charge in [-0.3, -0.25) is 4.40 Å². The van der Waals surface area contributed by atoms with Gasteiger partial charge in [0.2, 0.25) is 0 Å². The Bertz CT molecular complexity index is 749. The summed E-state index contributed by atoms with van der Waals surface area (Å²) in [6.07, 6.45) is 1.09. The van der Waals surface area contributed by atoms with Crippen LogP contribution >= 0.6 is 11.3 Å². The second kappa shape index (κ2) is 7.25. The number of alkyl carbamates (subject to hydrolysis) is 1. The van der Waals surface area contributed by atoms with E-state index < -0.39 is 30.7 Å². The number of carbonyl (C=O) groups is 1. The van der Waals surface area contributed by atoms with E-state index in [2.05, 4.69) is 15.6 Å². The molecule has 0 spiro atoms. The largest absolute Gasteiger partial charge is 0.444 e. The second-order valence-electron chi connectivity index (χ2n) is 6.95. The minimum absolute atomic E-state index is 0.269. The van der Waals surface area contributed by atoms with Gasteiger partial charge in [0.05, 0.1) is 24.5 Å². The molecule has 0 unspecified atom stereocenters. The number of halogens is 2. The Kier molecular flexibility index (Phi) is 5.68. The number of aryl methyl sites for hydroxylation is 2. The van der Waals surface area contributed by atoms with Crippen molar-refractivity contribution in [2.75, 3.05) is 13.1 Å². The predicted molar refractivity (Wildman–Crippen MR) is 93.4 cm³/mol. The number of nitrogens with one attached hydrogen (secondary N) is 2. The van der Waals surface area contributed by atoms with Crippen LogP contribution in [0.15, 0.2) is 6.20 Å². The molecule has 2 aromatic heterocycles. The van der Waals surface area contributed by atoms with Crippen molar-refractivity contribution < 1.29 is 18.3 Å². The molecule has 9 heteroatoms. The molecule has 2 aromatic rings. The minimum Gasteiger partial charge on any atom is -0.444 e. The fourth-order valence-electron chi connectivity index (χ4n) is 2.26. The molecule has 2 rings (SSSR count). The highest BCUT2D eigenvalue weighted by molar-refractivity contribution is 7.17. The lowest BCUT2D eigenvalue weighted by molar-refractivity contribution is -0.00383. The van der Waals surface area contributed by atoms with E-state index in [1.165, 1.54) is 0 Å². The maximum Gasteiger partial charge on any atom is 0.407 e. The first kappa shape index (κ1) is 19.6. The van der Waals surface area contributed by atoms with Crippen LogP contribution in [0, 0.1) is 13.8 Å². The Balaban J connectivity index is 1.85. The maximum atomic E-state index is 13.9. The van der Waals surface area contributed by atoms with E-state index in [0.29, 0.717) is 0 Å². The molecule has 0 fully saturated rings. The van der Waals surface area contributed by atoms with Crippen LogP contribution in [-0.2, 0) is 11.3 Å². The normalized spacial score (nSPS) is 12.6. The van der Waals surface area contributed by atoms with Crippen molar-refractivity contribution in [2.24, 2.45) is 0 Å². The van der Waals surface area contributed by atoms with E-state index in [4.69, 9.17) is 4.74 Å². The third-order valence-electron chi connectivity index (χ3n) is 3.31. The van der Waals surface area contributed by atoms with E-state index in [1.54, 1.807) is 32.1 Å². The summed E-state index contributed by atoms with van der Waals surface area (Å²) < 4.78 is 34.7. The van der Waals surface area contributed by atoms with Crippen molar-refractivity contribution in [3.05, 3.63) is 22.5 Å². The Labute approximate surface area is 149 Å². The fraction of sp³-hybridized carbons (Fsp3) is 0.625. The number of hydrogen-bond acceptors (Lipinski definition) is 5. The number of alkyl halides is 2. The highest BCUT2D eigenvalue weighted by atomic mass is 32.1. The summed E-state index contributed by atoms with van der Waals surface area (Å²) in [4.78, 5) is 17.8. The average Bonchev–Trinajstić information content (AvgIpc) is 2.92. The zero-order chi connectivity index (χ0) is 18.8. The number of aromatic nitrogens is 2. The summed E-state index contributed by atoms with van der Waals surface area (Å²) in [6.45, 7) is 7.78. The van der Waals surface area contributed by atoms with E-state index in [9.17, 15) is 13.6 Å². The highest BCUT2D eigenvalue weighted by Crippen LogP contribution is 2.21. The zero-order valence-electron chi connectivity index (χ0n) is 15.1. The number of hydrogen-bond donors (Lipinski definition) is 2. The van der Waals surface area contributed by atoms with Crippen LogP contribution in [0.2, 0.25) is 0 Å². The molecule has 0 radical (unpaired) electrons. The lowest BCUT2D eigenvalue weighted by Crippen LogP contribution is -2.44. The molecule has 6 nitrogen and oxygen atoms in total. The van der Waals surface area contributed by atoms with Crippen molar-refractivity contribution >= 4 is 22.4 Å². The monoisotopic (exact) mass is 374 g/mol. The van der Waals surface area contributed by atoms with Gasteiger partial charge in [-0.15, -0.1) is 11.3 Å². The van der Waals surface area contributed by atoms with Gasteiger partial charge in [-0.1, -0.05) is 0 Å². The van der Waals surface area contributed by atoms with Crippen LogP contribution in [0.5, 0.6) is 0 Å². The molecule has 0 atom stereocenters. The van der Waals surface area contributed by atoms with Crippen molar-refractivity contribution in [2.45, 2.75) is 52.7 Å². The molecule has 1 amide bonds. The van der Waals surface area contributed by atoms with Crippen molar-refractivity contribution in [1.82, 2.24) is 20.0 Å². The van der Waals surface area contributed by atoms with Gasteiger partial charge in [-0.2, -0.15) is 0 Å². The van der Waals surface area contributed by atoms with Gasteiger partial charge in [0.1, 0.15) is 5.60 Å². The third-order valence-corrected chi connectivity index (χ3v) is 4.21. The first-order valence-electron chi connectivity index (χ1n) is 7.96. The van der Waals surface area contributed by atoms with Gasteiger partial charge in [0.25, 0.3) is 5.92 Å². The Morgan fingerprint density at radius 1 is 1.32 bits per heavy atom. The van der Waals surface area contributed by atoms with E-state index in [-0.39, 0.29) is 6.54 Å². The van der Waals surface area contributed by atoms with Crippen LogP contribution in [-0.4, -0.2) is 40.1 Å².